The molecule has 1 atom stereocenters. The number of carbonyl (C=O) groups is 1. The monoisotopic (exact) mass is 372 g/mol. The molecule has 0 spiro atoms. The predicted molar refractivity (Wildman–Crippen MR) is 110 cm³/mol. The van der Waals surface area contributed by atoms with Gasteiger partial charge in [0.2, 0.25) is 0 Å². The summed E-state index contributed by atoms with van der Waals surface area (Å²) in [5.74, 6) is 1.44. The number of nitrogens with zero attached hydrogens (tertiary/aromatic N) is 2. The van der Waals surface area contributed by atoms with Crippen molar-refractivity contribution in [2.24, 2.45) is 0 Å². The van der Waals surface area contributed by atoms with Crippen LogP contribution in [0.4, 0.5) is 0 Å². The van der Waals surface area contributed by atoms with Crippen LogP contribution in [0.25, 0.3) is 0 Å². The minimum atomic E-state index is 0.145. The van der Waals surface area contributed by atoms with E-state index in [0.29, 0.717) is 12.0 Å². The first-order valence-electron chi connectivity index (χ1n) is 10.9. The fourth-order valence-electron chi connectivity index (χ4n) is 4.32. The summed E-state index contributed by atoms with van der Waals surface area (Å²) in [5.41, 5.74) is 1.29. The number of rotatable bonds is 7. The Hall–Kier alpha value is -1.55. The van der Waals surface area contributed by atoms with E-state index in [2.05, 4.69) is 35.8 Å². The number of benzene rings is 1. The number of ether oxygens (including phenoxy) is 1. The average Bonchev–Trinajstić information content (AvgIpc) is 2.71. The van der Waals surface area contributed by atoms with Crippen molar-refractivity contribution in [1.29, 1.82) is 0 Å². The van der Waals surface area contributed by atoms with Gasteiger partial charge in [-0.3, -0.25) is 4.79 Å². The molecule has 0 radical (unpaired) electrons. The van der Waals surface area contributed by atoms with Crippen molar-refractivity contribution < 1.29 is 9.53 Å². The number of amides is 1. The summed E-state index contributed by atoms with van der Waals surface area (Å²) in [6.07, 6.45) is 8.64. The van der Waals surface area contributed by atoms with Crippen LogP contribution in [0.1, 0.15) is 70.3 Å². The van der Waals surface area contributed by atoms with Crippen molar-refractivity contribution in [1.82, 2.24) is 9.80 Å². The van der Waals surface area contributed by atoms with Gasteiger partial charge in [0.1, 0.15) is 5.75 Å². The highest BCUT2D eigenvalue weighted by Crippen LogP contribution is 2.22. The molecule has 0 saturated carbocycles. The van der Waals surface area contributed by atoms with Crippen molar-refractivity contribution in [2.45, 2.75) is 70.8 Å². The second-order valence-corrected chi connectivity index (χ2v) is 8.44. The molecule has 2 fully saturated rings. The summed E-state index contributed by atoms with van der Waals surface area (Å²) in [4.78, 5) is 17.5. The quantitative estimate of drug-likeness (QED) is 0.709. The van der Waals surface area contributed by atoms with Gasteiger partial charge >= 0.3 is 0 Å². The van der Waals surface area contributed by atoms with E-state index in [-0.39, 0.29) is 12.5 Å². The highest BCUT2D eigenvalue weighted by molar-refractivity contribution is 5.78. The number of carbonyl (C=O) groups excluding carboxylic acids is 1. The Balaban J connectivity index is 1.48. The molecule has 1 aromatic rings. The summed E-state index contributed by atoms with van der Waals surface area (Å²) in [6.45, 7) is 9.00. The van der Waals surface area contributed by atoms with E-state index in [1.165, 1.54) is 44.3 Å². The Labute approximate surface area is 164 Å². The van der Waals surface area contributed by atoms with Gasteiger partial charge in [0.15, 0.2) is 6.61 Å². The molecule has 3 rings (SSSR count). The lowest BCUT2D eigenvalue weighted by atomic mass is 9.98. The zero-order chi connectivity index (χ0) is 19.1. The normalized spacial score (nSPS) is 21.4. The molecule has 150 valence electrons. The molecular formula is C23H36N2O2. The molecule has 1 amide bonds. The van der Waals surface area contributed by atoms with Crippen LogP contribution in [-0.2, 0) is 4.79 Å². The zero-order valence-electron chi connectivity index (χ0n) is 17.2. The summed E-state index contributed by atoms with van der Waals surface area (Å²) in [5, 5.41) is 0. The van der Waals surface area contributed by atoms with Crippen LogP contribution in [0.2, 0.25) is 0 Å². The Morgan fingerprint density at radius 1 is 1.04 bits per heavy atom. The molecule has 0 unspecified atom stereocenters. The number of hydrogen-bond donors (Lipinski definition) is 0. The van der Waals surface area contributed by atoms with Crippen LogP contribution in [0.3, 0.4) is 0 Å². The summed E-state index contributed by atoms with van der Waals surface area (Å²) >= 11 is 0. The molecule has 1 aromatic carbocycles. The highest BCUT2D eigenvalue weighted by Gasteiger charge is 2.27. The second-order valence-electron chi connectivity index (χ2n) is 8.44. The molecule has 4 heteroatoms. The average molecular weight is 373 g/mol. The summed E-state index contributed by atoms with van der Waals surface area (Å²) < 4.78 is 5.80. The van der Waals surface area contributed by atoms with Crippen LogP contribution in [-0.4, -0.2) is 54.5 Å². The third-order valence-electron chi connectivity index (χ3n) is 6.08. The molecule has 2 saturated heterocycles. The topological polar surface area (TPSA) is 32.8 Å². The molecule has 2 aliphatic rings. The molecule has 27 heavy (non-hydrogen) atoms. The second kappa shape index (κ2) is 10.1. The van der Waals surface area contributed by atoms with Crippen LogP contribution < -0.4 is 4.74 Å². The molecule has 0 bridgehead atoms. The van der Waals surface area contributed by atoms with Crippen molar-refractivity contribution >= 4 is 5.91 Å². The van der Waals surface area contributed by atoms with E-state index in [9.17, 15) is 4.79 Å². The van der Waals surface area contributed by atoms with Gasteiger partial charge in [0, 0.05) is 19.1 Å². The Morgan fingerprint density at radius 2 is 1.74 bits per heavy atom. The van der Waals surface area contributed by atoms with Crippen LogP contribution >= 0.6 is 0 Å². The van der Waals surface area contributed by atoms with Crippen LogP contribution in [0.5, 0.6) is 5.75 Å². The third-order valence-corrected chi connectivity index (χ3v) is 6.08. The van der Waals surface area contributed by atoms with E-state index in [1.54, 1.807) is 0 Å². The fourth-order valence-corrected chi connectivity index (χ4v) is 4.32. The molecule has 2 aliphatic heterocycles. The van der Waals surface area contributed by atoms with Gasteiger partial charge in [-0.25, -0.2) is 0 Å². The van der Waals surface area contributed by atoms with Crippen LogP contribution in [0, 0.1) is 0 Å². The maximum absolute atomic E-state index is 12.8. The van der Waals surface area contributed by atoms with Gasteiger partial charge in [-0.2, -0.15) is 0 Å². The van der Waals surface area contributed by atoms with Gasteiger partial charge in [-0.1, -0.05) is 32.4 Å². The first-order chi connectivity index (χ1) is 13.1. The lowest BCUT2D eigenvalue weighted by Gasteiger charge is -2.37. The zero-order valence-corrected chi connectivity index (χ0v) is 17.2. The third kappa shape index (κ3) is 5.97. The van der Waals surface area contributed by atoms with E-state index in [4.69, 9.17) is 4.74 Å². The molecule has 0 N–H and O–H groups in total. The van der Waals surface area contributed by atoms with Crippen molar-refractivity contribution in [3.8, 4) is 5.75 Å². The lowest BCUT2D eigenvalue weighted by Crippen LogP contribution is -2.47. The van der Waals surface area contributed by atoms with E-state index >= 15 is 0 Å². The summed E-state index contributed by atoms with van der Waals surface area (Å²) in [6, 6.07) is 8.53. The number of likely N-dealkylation sites (tertiary alicyclic amines) is 2. The lowest BCUT2D eigenvalue weighted by molar-refractivity contribution is -0.137. The summed E-state index contributed by atoms with van der Waals surface area (Å²) in [7, 11) is 0. The van der Waals surface area contributed by atoms with Gasteiger partial charge in [0.25, 0.3) is 5.91 Å². The van der Waals surface area contributed by atoms with Crippen molar-refractivity contribution in [2.75, 3.05) is 32.8 Å². The largest absolute Gasteiger partial charge is 0.484 e. The minimum absolute atomic E-state index is 0.145. The smallest absolute Gasteiger partial charge is 0.260 e. The van der Waals surface area contributed by atoms with Gasteiger partial charge < -0.3 is 14.5 Å². The Kier molecular flexibility index (Phi) is 7.57. The first kappa shape index (κ1) is 20.2. The number of piperidine rings is 2. The van der Waals surface area contributed by atoms with Crippen molar-refractivity contribution in [3.05, 3.63) is 29.8 Å². The minimum Gasteiger partial charge on any atom is -0.484 e. The van der Waals surface area contributed by atoms with E-state index < -0.39 is 0 Å². The van der Waals surface area contributed by atoms with Crippen molar-refractivity contribution in [3.63, 3.8) is 0 Å². The molecular weight excluding hydrogens is 336 g/mol. The molecule has 4 nitrogen and oxygen atoms in total. The van der Waals surface area contributed by atoms with E-state index in [1.807, 2.05) is 12.1 Å². The maximum atomic E-state index is 12.8. The van der Waals surface area contributed by atoms with Crippen LogP contribution in [0.15, 0.2) is 24.3 Å². The highest BCUT2D eigenvalue weighted by atomic mass is 16.5. The Morgan fingerprint density at radius 3 is 2.44 bits per heavy atom. The van der Waals surface area contributed by atoms with Gasteiger partial charge in [0.05, 0.1) is 0 Å². The Bertz CT molecular complexity index is 579. The standard InChI is InChI=1S/C23H36N2O2/c1-19(2)20-9-11-22(12-10-20)27-18-23(26)25-16-7-4-8-21(25)13-17-24-14-5-3-6-15-24/h9-12,19,21H,3-8,13-18H2,1-2H3/t21-/m0/s1. The SMILES string of the molecule is CC(C)c1ccc(OCC(=O)N2CCCC[C@H]2CCN2CCCCC2)cc1. The fraction of sp³-hybridized carbons (Fsp3) is 0.696. The maximum Gasteiger partial charge on any atom is 0.260 e. The number of hydrogen-bond acceptors (Lipinski definition) is 3. The van der Waals surface area contributed by atoms with Gasteiger partial charge in [-0.15, -0.1) is 0 Å². The molecule has 0 aromatic heterocycles. The molecule has 2 heterocycles. The van der Waals surface area contributed by atoms with E-state index in [0.717, 1.165) is 38.1 Å². The molecule has 0 aliphatic carbocycles. The van der Waals surface area contributed by atoms with Gasteiger partial charge in [-0.05, 0) is 75.2 Å². The first-order valence-corrected chi connectivity index (χ1v) is 10.9. The predicted octanol–water partition coefficient (Wildman–Crippen LogP) is 4.45.